The minimum Gasteiger partial charge on any atom is -0.468 e. The van der Waals surface area contributed by atoms with Crippen molar-refractivity contribution in [2.24, 2.45) is 0 Å². The predicted molar refractivity (Wildman–Crippen MR) is 103 cm³/mol. The van der Waals surface area contributed by atoms with Crippen LogP contribution in [0.1, 0.15) is 0 Å². The Morgan fingerprint density at radius 3 is 2.59 bits per heavy atom. The monoisotopic (exact) mass is 450 g/mol. The molecule has 0 aliphatic carbocycles. The van der Waals surface area contributed by atoms with Crippen LogP contribution in [-0.4, -0.2) is 61.3 Å². The van der Waals surface area contributed by atoms with Gasteiger partial charge in [-0.2, -0.15) is 4.31 Å². The number of likely N-dealkylation sites (N-methyl/N-ethyl adjacent to an activating group) is 1. The van der Waals surface area contributed by atoms with Gasteiger partial charge in [0, 0.05) is 12.1 Å². The van der Waals surface area contributed by atoms with Crippen LogP contribution in [0.3, 0.4) is 0 Å². The first kappa shape index (κ1) is 21.6. The van der Waals surface area contributed by atoms with Crippen LogP contribution in [0.15, 0.2) is 33.5 Å². The van der Waals surface area contributed by atoms with Crippen molar-refractivity contribution >= 4 is 61.7 Å². The van der Waals surface area contributed by atoms with Gasteiger partial charge in [-0.05, 0) is 24.3 Å². The molecule has 0 aliphatic rings. The molecule has 0 radical (unpaired) electrons. The van der Waals surface area contributed by atoms with Crippen LogP contribution in [0.5, 0.6) is 0 Å². The highest BCUT2D eigenvalue weighted by molar-refractivity contribution is 8.01. The van der Waals surface area contributed by atoms with Crippen molar-refractivity contribution in [1.29, 1.82) is 0 Å². The number of nitrogens with zero attached hydrogens (tertiary/aromatic N) is 3. The number of methoxy groups -OCH3 is 1. The summed E-state index contributed by atoms with van der Waals surface area (Å²) < 4.78 is 30.8. The first-order valence-electron chi connectivity index (χ1n) is 7.27. The predicted octanol–water partition coefficient (Wildman–Crippen LogP) is 1.72. The molecule has 9 nitrogen and oxygen atoms in total. The Hall–Kier alpha value is -1.73. The average Bonchev–Trinajstić information content (AvgIpc) is 3.07. The van der Waals surface area contributed by atoms with Crippen molar-refractivity contribution < 1.29 is 22.7 Å². The van der Waals surface area contributed by atoms with Gasteiger partial charge in [-0.3, -0.25) is 14.9 Å². The highest BCUT2D eigenvalue weighted by Gasteiger charge is 2.23. The van der Waals surface area contributed by atoms with Crippen molar-refractivity contribution in [3.8, 4) is 0 Å². The third-order valence-corrected chi connectivity index (χ3v) is 7.10. The lowest BCUT2D eigenvalue weighted by atomic mass is 10.4. The maximum atomic E-state index is 12.4. The Kier molecular flexibility index (Phi) is 7.56. The van der Waals surface area contributed by atoms with Gasteiger partial charge in [-0.1, -0.05) is 34.7 Å². The van der Waals surface area contributed by atoms with Gasteiger partial charge in [0.1, 0.15) is 0 Å². The molecular formula is C14H15ClN4O5S3. The van der Waals surface area contributed by atoms with Crippen molar-refractivity contribution in [3.63, 3.8) is 0 Å². The minimum absolute atomic E-state index is 0.0274. The summed E-state index contributed by atoms with van der Waals surface area (Å²) in [6, 6.07) is 5.64. The molecule has 0 saturated carbocycles. The summed E-state index contributed by atoms with van der Waals surface area (Å²) >= 11 is 7.94. The molecule has 1 amide bonds. The third kappa shape index (κ3) is 6.14. The Balaban J connectivity index is 1.94. The zero-order valence-corrected chi connectivity index (χ0v) is 17.4. The average molecular weight is 451 g/mol. The van der Waals surface area contributed by atoms with E-state index in [0.717, 1.165) is 27.4 Å². The molecule has 2 rings (SSSR count). The van der Waals surface area contributed by atoms with Crippen LogP contribution in [0.2, 0.25) is 5.02 Å². The lowest BCUT2D eigenvalue weighted by Crippen LogP contribution is -2.34. The number of halogens is 1. The molecule has 0 unspecified atom stereocenters. The van der Waals surface area contributed by atoms with E-state index in [0.29, 0.717) is 9.36 Å². The number of benzene rings is 1. The van der Waals surface area contributed by atoms with E-state index in [2.05, 4.69) is 20.3 Å². The Labute approximate surface area is 169 Å². The lowest BCUT2D eigenvalue weighted by molar-refractivity contribution is -0.137. The molecule has 0 spiro atoms. The lowest BCUT2D eigenvalue weighted by Gasteiger charge is -2.16. The number of carbonyl (C=O) groups excluding carboxylic acids is 2. The molecule has 0 bridgehead atoms. The molecule has 0 atom stereocenters. The molecule has 27 heavy (non-hydrogen) atoms. The number of amides is 1. The van der Waals surface area contributed by atoms with E-state index in [1.807, 2.05) is 0 Å². The number of thioether (sulfide) groups is 1. The molecule has 1 aromatic carbocycles. The van der Waals surface area contributed by atoms with Crippen LogP contribution in [-0.2, 0) is 24.3 Å². The van der Waals surface area contributed by atoms with Gasteiger partial charge in [0.2, 0.25) is 21.1 Å². The number of hydrogen-bond acceptors (Lipinski definition) is 9. The maximum Gasteiger partial charge on any atom is 0.316 e. The number of anilines is 1. The zero-order valence-electron chi connectivity index (χ0n) is 14.2. The molecule has 146 valence electrons. The molecular weight excluding hydrogens is 436 g/mol. The summed E-state index contributed by atoms with van der Waals surface area (Å²) in [4.78, 5) is 23.2. The summed E-state index contributed by atoms with van der Waals surface area (Å²) in [5.41, 5.74) is 0. The van der Waals surface area contributed by atoms with Gasteiger partial charge in [-0.25, -0.2) is 8.42 Å². The smallest absolute Gasteiger partial charge is 0.316 e. The quantitative estimate of drug-likeness (QED) is 0.367. The second-order valence-electron chi connectivity index (χ2n) is 5.00. The van der Waals surface area contributed by atoms with Crippen molar-refractivity contribution in [2.75, 3.05) is 31.8 Å². The fourth-order valence-electron chi connectivity index (χ4n) is 1.73. The Morgan fingerprint density at radius 1 is 1.30 bits per heavy atom. The number of esters is 1. The summed E-state index contributed by atoms with van der Waals surface area (Å²) in [6.07, 6.45) is 0. The summed E-state index contributed by atoms with van der Waals surface area (Å²) in [7, 11) is -1.26. The molecule has 1 heterocycles. The van der Waals surface area contributed by atoms with E-state index in [1.54, 1.807) is 0 Å². The Bertz CT molecular complexity index is 917. The van der Waals surface area contributed by atoms with Gasteiger partial charge >= 0.3 is 5.97 Å². The second kappa shape index (κ2) is 9.46. The number of rotatable bonds is 8. The van der Waals surface area contributed by atoms with E-state index in [9.17, 15) is 18.0 Å². The van der Waals surface area contributed by atoms with Crippen LogP contribution < -0.4 is 5.32 Å². The van der Waals surface area contributed by atoms with Crippen LogP contribution >= 0.6 is 34.7 Å². The molecule has 0 fully saturated rings. The standard InChI is InChI=1S/C14H15ClN4O5S3/c1-19(27(22,23)10-5-3-9(15)4-6-10)7-11(20)16-13-17-18-14(26-13)25-8-12(21)24-2/h3-6H,7-8H2,1-2H3,(H,16,17,20). The highest BCUT2D eigenvalue weighted by atomic mass is 35.5. The van der Waals surface area contributed by atoms with E-state index in [1.165, 1.54) is 38.4 Å². The molecule has 0 aliphatic heterocycles. The van der Waals surface area contributed by atoms with Gasteiger partial charge in [-0.15, -0.1) is 10.2 Å². The van der Waals surface area contributed by atoms with Crippen molar-refractivity contribution in [3.05, 3.63) is 29.3 Å². The number of ether oxygens (including phenoxy) is 1. The SMILES string of the molecule is COC(=O)CSc1nnc(NC(=O)CN(C)S(=O)(=O)c2ccc(Cl)cc2)s1. The number of nitrogens with one attached hydrogen (secondary N) is 1. The van der Waals surface area contributed by atoms with Gasteiger partial charge in [0.15, 0.2) is 4.34 Å². The molecule has 13 heteroatoms. The fourth-order valence-corrected chi connectivity index (χ4v) is 4.58. The van der Waals surface area contributed by atoms with Crippen LogP contribution in [0.4, 0.5) is 5.13 Å². The number of carbonyl (C=O) groups is 2. The fraction of sp³-hybridized carbons (Fsp3) is 0.286. The maximum absolute atomic E-state index is 12.4. The topological polar surface area (TPSA) is 119 Å². The zero-order chi connectivity index (χ0) is 20.0. The number of hydrogen-bond donors (Lipinski definition) is 1. The molecule has 1 aromatic heterocycles. The summed E-state index contributed by atoms with van der Waals surface area (Å²) in [6.45, 7) is -0.408. The second-order valence-corrected chi connectivity index (χ2v) is 9.68. The normalized spacial score (nSPS) is 11.4. The third-order valence-electron chi connectivity index (χ3n) is 3.08. The first-order chi connectivity index (χ1) is 12.7. The summed E-state index contributed by atoms with van der Waals surface area (Å²) in [5, 5.41) is 10.7. The van der Waals surface area contributed by atoms with E-state index in [4.69, 9.17) is 11.6 Å². The van der Waals surface area contributed by atoms with E-state index >= 15 is 0 Å². The highest BCUT2D eigenvalue weighted by Crippen LogP contribution is 2.25. The molecule has 0 saturated heterocycles. The van der Waals surface area contributed by atoms with Gasteiger partial charge in [0.25, 0.3) is 0 Å². The first-order valence-corrected chi connectivity index (χ1v) is 10.9. The van der Waals surface area contributed by atoms with Crippen LogP contribution in [0.25, 0.3) is 0 Å². The molecule has 2 aromatic rings. The van der Waals surface area contributed by atoms with Crippen molar-refractivity contribution in [1.82, 2.24) is 14.5 Å². The summed E-state index contributed by atoms with van der Waals surface area (Å²) in [5.74, 6) is -0.910. The van der Waals surface area contributed by atoms with Crippen molar-refractivity contribution in [2.45, 2.75) is 9.24 Å². The number of aromatic nitrogens is 2. The van der Waals surface area contributed by atoms with Crippen LogP contribution in [0, 0.1) is 0 Å². The molecule has 1 N–H and O–H groups in total. The number of sulfonamides is 1. The van der Waals surface area contributed by atoms with E-state index < -0.39 is 28.4 Å². The van der Waals surface area contributed by atoms with E-state index in [-0.39, 0.29) is 15.8 Å². The van der Waals surface area contributed by atoms with Gasteiger partial charge < -0.3 is 4.74 Å². The minimum atomic E-state index is -3.83. The Morgan fingerprint density at radius 2 is 1.96 bits per heavy atom. The largest absolute Gasteiger partial charge is 0.468 e. The van der Waals surface area contributed by atoms with Gasteiger partial charge in [0.05, 0.1) is 24.3 Å².